The summed E-state index contributed by atoms with van der Waals surface area (Å²) in [6, 6.07) is 1.69. The van der Waals surface area contributed by atoms with Crippen molar-refractivity contribution in [2.24, 2.45) is 11.8 Å². The SMILES string of the molecule is CCC1CCCC1NC1CCCC(C)CC1. The molecular formula is C15H29N. The zero-order valence-electron chi connectivity index (χ0n) is 11.2. The van der Waals surface area contributed by atoms with Crippen LogP contribution in [0.25, 0.3) is 0 Å². The van der Waals surface area contributed by atoms with Crippen molar-refractivity contribution in [2.75, 3.05) is 0 Å². The molecule has 4 atom stereocenters. The van der Waals surface area contributed by atoms with Crippen molar-refractivity contribution >= 4 is 0 Å². The Hall–Kier alpha value is -0.0400. The summed E-state index contributed by atoms with van der Waals surface area (Å²) >= 11 is 0. The summed E-state index contributed by atoms with van der Waals surface area (Å²) < 4.78 is 0. The molecule has 0 aromatic heterocycles. The number of rotatable bonds is 3. The van der Waals surface area contributed by atoms with Gasteiger partial charge in [0.2, 0.25) is 0 Å². The second-order valence-corrected chi connectivity index (χ2v) is 6.18. The summed E-state index contributed by atoms with van der Waals surface area (Å²) in [7, 11) is 0. The second-order valence-electron chi connectivity index (χ2n) is 6.18. The van der Waals surface area contributed by atoms with Crippen LogP contribution in [0.15, 0.2) is 0 Å². The normalized spacial score (nSPS) is 40.9. The van der Waals surface area contributed by atoms with E-state index in [0.29, 0.717) is 0 Å². The number of hydrogen-bond acceptors (Lipinski definition) is 1. The number of hydrogen-bond donors (Lipinski definition) is 1. The van der Waals surface area contributed by atoms with E-state index in [4.69, 9.17) is 0 Å². The van der Waals surface area contributed by atoms with E-state index >= 15 is 0 Å². The van der Waals surface area contributed by atoms with Crippen molar-refractivity contribution in [3.05, 3.63) is 0 Å². The van der Waals surface area contributed by atoms with Gasteiger partial charge in [0.15, 0.2) is 0 Å². The Balaban J connectivity index is 1.79. The molecule has 2 aliphatic carbocycles. The molecule has 1 N–H and O–H groups in total. The molecule has 94 valence electrons. The Morgan fingerprint density at radius 1 is 0.938 bits per heavy atom. The van der Waals surface area contributed by atoms with Crippen LogP contribution in [0.5, 0.6) is 0 Å². The van der Waals surface area contributed by atoms with Gasteiger partial charge in [-0.05, 0) is 43.9 Å². The lowest BCUT2D eigenvalue weighted by molar-refractivity contribution is 0.327. The summed E-state index contributed by atoms with van der Waals surface area (Å²) in [5.74, 6) is 1.94. The lowest BCUT2D eigenvalue weighted by atomic mass is 9.98. The minimum Gasteiger partial charge on any atom is -0.311 e. The minimum absolute atomic E-state index is 0.835. The van der Waals surface area contributed by atoms with Crippen LogP contribution in [0.3, 0.4) is 0 Å². The van der Waals surface area contributed by atoms with Crippen LogP contribution < -0.4 is 5.32 Å². The van der Waals surface area contributed by atoms with Gasteiger partial charge in [-0.3, -0.25) is 0 Å². The van der Waals surface area contributed by atoms with Crippen molar-refractivity contribution < 1.29 is 0 Å². The predicted molar refractivity (Wildman–Crippen MR) is 70.6 cm³/mol. The molecule has 2 saturated carbocycles. The van der Waals surface area contributed by atoms with Crippen LogP contribution in [0.4, 0.5) is 0 Å². The Labute approximate surface area is 101 Å². The summed E-state index contributed by atoms with van der Waals surface area (Å²) in [4.78, 5) is 0. The summed E-state index contributed by atoms with van der Waals surface area (Å²) in [5, 5.41) is 3.98. The van der Waals surface area contributed by atoms with Crippen LogP contribution in [-0.4, -0.2) is 12.1 Å². The fourth-order valence-electron chi connectivity index (χ4n) is 3.70. The third kappa shape index (κ3) is 3.23. The van der Waals surface area contributed by atoms with Gasteiger partial charge in [-0.1, -0.05) is 39.5 Å². The van der Waals surface area contributed by atoms with Gasteiger partial charge in [0.05, 0.1) is 0 Å². The van der Waals surface area contributed by atoms with E-state index in [-0.39, 0.29) is 0 Å². The molecule has 1 nitrogen and oxygen atoms in total. The molecule has 16 heavy (non-hydrogen) atoms. The van der Waals surface area contributed by atoms with E-state index in [2.05, 4.69) is 19.2 Å². The zero-order valence-corrected chi connectivity index (χ0v) is 11.2. The van der Waals surface area contributed by atoms with Crippen LogP contribution in [0.1, 0.15) is 71.6 Å². The Bertz CT molecular complexity index is 202. The molecule has 0 radical (unpaired) electrons. The molecule has 2 aliphatic rings. The van der Waals surface area contributed by atoms with E-state index in [1.165, 1.54) is 57.8 Å². The molecule has 0 amide bonds. The predicted octanol–water partition coefficient (Wildman–Crippen LogP) is 4.12. The van der Waals surface area contributed by atoms with Gasteiger partial charge in [-0.2, -0.15) is 0 Å². The molecule has 2 fully saturated rings. The maximum absolute atomic E-state index is 3.98. The quantitative estimate of drug-likeness (QED) is 0.710. The van der Waals surface area contributed by atoms with Gasteiger partial charge in [-0.25, -0.2) is 0 Å². The summed E-state index contributed by atoms with van der Waals surface area (Å²) in [6.45, 7) is 4.78. The average molecular weight is 223 g/mol. The van der Waals surface area contributed by atoms with Crippen molar-refractivity contribution in [1.29, 1.82) is 0 Å². The fraction of sp³-hybridized carbons (Fsp3) is 1.00. The van der Waals surface area contributed by atoms with E-state index in [1.54, 1.807) is 0 Å². The highest BCUT2D eigenvalue weighted by atomic mass is 15.0. The molecule has 0 aromatic carbocycles. The molecule has 0 spiro atoms. The number of nitrogens with one attached hydrogen (secondary N) is 1. The topological polar surface area (TPSA) is 12.0 Å². The van der Waals surface area contributed by atoms with Crippen LogP contribution in [0, 0.1) is 11.8 Å². The first kappa shape index (κ1) is 12.4. The Morgan fingerprint density at radius 3 is 2.56 bits per heavy atom. The van der Waals surface area contributed by atoms with Gasteiger partial charge >= 0.3 is 0 Å². The van der Waals surface area contributed by atoms with E-state index < -0.39 is 0 Å². The maximum Gasteiger partial charge on any atom is 0.00978 e. The van der Waals surface area contributed by atoms with Gasteiger partial charge in [-0.15, -0.1) is 0 Å². The van der Waals surface area contributed by atoms with E-state index in [1.807, 2.05) is 0 Å². The van der Waals surface area contributed by atoms with Gasteiger partial charge in [0.1, 0.15) is 0 Å². The van der Waals surface area contributed by atoms with Gasteiger partial charge in [0, 0.05) is 12.1 Å². The maximum atomic E-state index is 3.98. The van der Waals surface area contributed by atoms with Crippen molar-refractivity contribution in [1.82, 2.24) is 5.32 Å². The molecular weight excluding hydrogens is 194 g/mol. The molecule has 2 rings (SSSR count). The highest BCUT2D eigenvalue weighted by Gasteiger charge is 2.28. The van der Waals surface area contributed by atoms with Crippen molar-refractivity contribution in [3.8, 4) is 0 Å². The highest BCUT2D eigenvalue weighted by Crippen LogP contribution is 2.30. The van der Waals surface area contributed by atoms with E-state index in [9.17, 15) is 0 Å². The first-order chi connectivity index (χ1) is 7.79. The average Bonchev–Trinajstić information content (AvgIpc) is 2.63. The molecule has 1 heteroatoms. The smallest absolute Gasteiger partial charge is 0.00978 e. The van der Waals surface area contributed by atoms with Crippen LogP contribution >= 0.6 is 0 Å². The second kappa shape index (κ2) is 6.05. The molecule has 0 aromatic rings. The lowest BCUT2D eigenvalue weighted by Gasteiger charge is -2.26. The highest BCUT2D eigenvalue weighted by molar-refractivity contribution is 4.86. The Kier molecular flexibility index (Phi) is 4.69. The minimum atomic E-state index is 0.835. The lowest BCUT2D eigenvalue weighted by Crippen LogP contribution is -2.40. The Morgan fingerprint density at radius 2 is 1.75 bits per heavy atom. The van der Waals surface area contributed by atoms with Crippen molar-refractivity contribution in [2.45, 2.75) is 83.7 Å². The molecule has 0 aliphatic heterocycles. The third-order valence-corrected chi connectivity index (χ3v) is 4.89. The molecule has 0 bridgehead atoms. The fourth-order valence-corrected chi connectivity index (χ4v) is 3.70. The summed E-state index contributed by atoms with van der Waals surface area (Å²) in [6.07, 6.45) is 12.9. The van der Waals surface area contributed by atoms with Gasteiger partial charge in [0.25, 0.3) is 0 Å². The molecule has 0 heterocycles. The zero-order chi connectivity index (χ0) is 11.4. The van der Waals surface area contributed by atoms with Crippen LogP contribution in [0.2, 0.25) is 0 Å². The van der Waals surface area contributed by atoms with E-state index in [0.717, 1.165) is 23.9 Å². The standard InChI is InChI=1S/C15H29N/c1-3-13-7-5-9-15(13)16-14-8-4-6-12(2)10-11-14/h12-16H,3-11H2,1-2H3. The van der Waals surface area contributed by atoms with Crippen LogP contribution in [-0.2, 0) is 0 Å². The first-order valence-corrected chi connectivity index (χ1v) is 7.55. The van der Waals surface area contributed by atoms with Crippen molar-refractivity contribution in [3.63, 3.8) is 0 Å². The third-order valence-electron chi connectivity index (χ3n) is 4.89. The first-order valence-electron chi connectivity index (χ1n) is 7.55. The molecule has 0 saturated heterocycles. The largest absolute Gasteiger partial charge is 0.311 e. The molecule has 4 unspecified atom stereocenters. The monoisotopic (exact) mass is 223 g/mol. The van der Waals surface area contributed by atoms with Gasteiger partial charge < -0.3 is 5.32 Å². The summed E-state index contributed by atoms with van der Waals surface area (Å²) in [5.41, 5.74) is 0.